The monoisotopic (exact) mass is 304 g/mol. The summed E-state index contributed by atoms with van der Waals surface area (Å²) in [6.07, 6.45) is 9.07. The number of likely N-dealkylation sites (tertiary alicyclic amines) is 1. The zero-order valence-electron chi connectivity index (χ0n) is 13.6. The van der Waals surface area contributed by atoms with Crippen LogP contribution in [0.2, 0.25) is 0 Å². The zero-order valence-corrected chi connectivity index (χ0v) is 13.6. The molecule has 0 aromatic carbocycles. The maximum Gasteiger partial charge on any atom is 0.226 e. The van der Waals surface area contributed by atoms with Crippen molar-refractivity contribution in [2.75, 3.05) is 13.1 Å². The number of nitrogens with one attached hydrogen (secondary N) is 1. The van der Waals surface area contributed by atoms with E-state index >= 15 is 0 Å². The van der Waals surface area contributed by atoms with Gasteiger partial charge in [0, 0.05) is 31.0 Å². The summed E-state index contributed by atoms with van der Waals surface area (Å²) in [5, 5.41) is 3.25. The fraction of sp³-hybridized carbons (Fsp3) is 0.889. The highest BCUT2D eigenvalue weighted by atomic mass is 16.2. The predicted octanol–water partition coefficient (Wildman–Crippen LogP) is 2.33. The summed E-state index contributed by atoms with van der Waals surface area (Å²) in [6, 6.07) is 0.0718. The maximum absolute atomic E-state index is 12.9. The van der Waals surface area contributed by atoms with E-state index in [4.69, 9.17) is 0 Å². The lowest BCUT2D eigenvalue weighted by Crippen LogP contribution is -2.56. The zero-order chi connectivity index (χ0) is 15.3. The minimum Gasteiger partial charge on any atom is -0.351 e. The first-order valence-electron chi connectivity index (χ1n) is 9.13. The SMILES string of the molecule is CC(CN1CCCC1=O)NC(=O)C12CC3CC(CC(C3)C1)C2. The number of rotatable bonds is 4. The van der Waals surface area contributed by atoms with Gasteiger partial charge in [-0.15, -0.1) is 0 Å². The Balaban J connectivity index is 1.38. The fourth-order valence-electron chi connectivity index (χ4n) is 6.04. The van der Waals surface area contributed by atoms with Gasteiger partial charge in [-0.25, -0.2) is 0 Å². The van der Waals surface area contributed by atoms with Crippen LogP contribution in [0, 0.1) is 23.2 Å². The van der Waals surface area contributed by atoms with Crippen molar-refractivity contribution in [3.8, 4) is 0 Å². The van der Waals surface area contributed by atoms with Crippen molar-refractivity contribution in [3.63, 3.8) is 0 Å². The van der Waals surface area contributed by atoms with Gasteiger partial charge in [-0.2, -0.15) is 0 Å². The summed E-state index contributed by atoms with van der Waals surface area (Å²) >= 11 is 0. The van der Waals surface area contributed by atoms with Gasteiger partial charge in [0.2, 0.25) is 11.8 Å². The van der Waals surface area contributed by atoms with Gasteiger partial charge in [0.25, 0.3) is 0 Å². The molecule has 1 heterocycles. The van der Waals surface area contributed by atoms with Crippen LogP contribution in [0.1, 0.15) is 58.3 Å². The quantitative estimate of drug-likeness (QED) is 0.866. The Kier molecular flexibility index (Phi) is 3.46. The van der Waals surface area contributed by atoms with E-state index in [1.54, 1.807) is 0 Å². The average molecular weight is 304 g/mol. The van der Waals surface area contributed by atoms with E-state index in [1.807, 2.05) is 11.8 Å². The van der Waals surface area contributed by atoms with E-state index in [-0.39, 0.29) is 23.3 Å². The second kappa shape index (κ2) is 5.24. The highest BCUT2D eigenvalue weighted by molar-refractivity contribution is 5.83. The van der Waals surface area contributed by atoms with Crippen LogP contribution in [0.25, 0.3) is 0 Å². The molecule has 4 bridgehead atoms. The highest BCUT2D eigenvalue weighted by Gasteiger charge is 2.54. The third kappa shape index (κ3) is 2.44. The summed E-state index contributed by atoms with van der Waals surface area (Å²) < 4.78 is 0. The first-order chi connectivity index (χ1) is 10.5. The topological polar surface area (TPSA) is 49.4 Å². The van der Waals surface area contributed by atoms with E-state index in [0.717, 1.165) is 50.0 Å². The molecule has 22 heavy (non-hydrogen) atoms. The molecule has 4 aliphatic carbocycles. The predicted molar refractivity (Wildman–Crippen MR) is 84.0 cm³/mol. The van der Waals surface area contributed by atoms with Crippen molar-refractivity contribution in [2.24, 2.45) is 23.2 Å². The number of hydrogen-bond acceptors (Lipinski definition) is 2. The van der Waals surface area contributed by atoms with E-state index in [0.29, 0.717) is 13.0 Å². The second-order valence-electron chi connectivity index (χ2n) is 8.52. The van der Waals surface area contributed by atoms with Crippen LogP contribution in [-0.4, -0.2) is 35.8 Å². The molecule has 5 fully saturated rings. The van der Waals surface area contributed by atoms with E-state index < -0.39 is 0 Å². The molecule has 122 valence electrons. The molecule has 0 aromatic rings. The van der Waals surface area contributed by atoms with Crippen molar-refractivity contribution >= 4 is 11.8 Å². The summed E-state index contributed by atoms with van der Waals surface area (Å²) in [6.45, 7) is 3.58. The van der Waals surface area contributed by atoms with Gasteiger partial charge in [-0.3, -0.25) is 9.59 Å². The number of hydrogen-bond donors (Lipinski definition) is 1. The van der Waals surface area contributed by atoms with Crippen LogP contribution >= 0.6 is 0 Å². The lowest BCUT2D eigenvalue weighted by molar-refractivity contribution is -0.147. The molecule has 0 spiro atoms. The lowest BCUT2D eigenvalue weighted by Gasteiger charge is -2.55. The standard InChI is InChI=1S/C18H28N2O2/c1-12(11-20-4-2-3-16(20)21)19-17(22)18-8-13-5-14(9-18)7-15(6-13)10-18/h12-15H,2-11H2,1H3,(H,19,22). The third-order valence-corrected chi connectivity index (χ3v) is 6.56. The van der Waals surface area contributed by atoms with Crippen molar-refractivity contribution in [1.29, 1.82) is 0 Å². The maximum atomic E-state index is 12.9. The van der Waals surface area contributed by atoms with E-state index in [2.05, 4.69) is 5.32 Å². The van der Waals surface area contributed by atoms with Crippen molar-refractivity contribution < 1.29 is 9.59 Å². The molecule has 4 nitrogen and oxygen atoms in total. The Labute approximate surface area is 133 Å². The first kappa shape index (κ1) is 14.5. The molecule has 4 heteroatoms. The molecular weight excluding hydrogens is 276 g/mol. The first-order valence-corrected chi connectivity index (χ1v) is 9.13. The van der Waals surface area contributed by atoms with E-state index in [1.165, 1.54) is 19.3 Å². The van der Waals surface area contributed by atoms with Crippen LogP contribution in [0.5, 0.6) is 0 Å². The largest absolute Gasteiger partial charge is 0.351 e. The molecule has 2 amide bonds. The van der Waals surface area contributed by atoms with Gasteiger partial charge in [-0.1, -0.05) is 0 Å². The number of carbonyl (C=O) groups is 2. The molecule has 4 saturated carbocycles. The molecular formula is C18H28N2O2. The van der Waals surface area contributed by atoms with Gasteiger partial charge in [0.05, 0.1) is 0 Å². The molecule has 5 rings (SSSR count). The van der Waals surface area contributed by atoms with Gasteiger partial charge in [0.1, 0.15) is 0 Å². The fourth-order valence-corrected chi connectivity index (χ4v) is 6.04. The Hall–Kier alpha value is -1.06. The smallest absolute Gasteiger partial charge is 0.226 e. The summed E-state index contributed by atoms with van der Waals surface area (Å²) in [5.41, 5.74) is -0.0714. The molecule has 1 N–H and O–H groups in total. The lowest BCUT2D eigenvalue weighted by atomic mass is 9.49. The molecule has 0 radical (unpaired) electrons. The number of amides is 2. The molecule has 1 saturated heterocycles. The van der Waals surface area contributed by atoms with Crippen LogP contribution in [0.15, 0.2) is 0 Å². The van der Waals surface area contributed by atoms with Crippen LogP contribution in [0.4, 0.5) is 0 Å². The molecule has 0 aromatic heterocycles. The normalized spacial score (nSPS) is 41.0. The summed E-state index contributed by atoms with van der Waals surface area (Å²) in [4.78, 5) is 26.6. The Morgan fingerprint density at radius 3 is 2.32 bits per heavy atom. The van der Waals surface area contributed by atoms with Crippen molar-refractivity contribution in [1.82, 2.24) is 10.2 Å². The van der Waals surface area contributed by atoms with Crippen molar-refractivity contribution in [2.45, 2.75) is 64.3 Å². The Morgan fingerprint density at radius 1 is 1.23 bits per heavy atom. The summed E-state index contributed by atoms with van der Waals surface area (Å²) in [7, 11) is 0. The molecule has 1 unspecified atom stereocenters. The number of carbonyl (C=O) groups excluding carboxylic acids is 2. The minimum atomic E-state index is -0.0714. The second-order valence-corrected chi connectivity index (χ2v) is 8.52. The van der Waals surface area contributed by atoms with Crippen molar-refractivity contribution in [3.05, 3.63) is 0 Å². The van der Waals surface area contributed by atoms with Gasteiger partial charge >= 0.3 is 0 Å². The van der Waals surface area contributed by atoms with Gasteiger partial charge < -0.3 is 10.2 Å². The van der Waals surface area contributed by atoms with Crippen LogP contribution < -0.4 is 5.32 Å². The van der Waals surface area contributed by atoms with E-state index in [9.17, 15) is 9.59 Å². The minimum absolute atomic E-state index is 0.0714. The van der Waals surface area contributed by atoms with Crippen LogP contribution in [-0.2, 0) is 9.59 Å². The molecule has 1 atom stereocenters. The average Bonchev–Trinajstić information content (AvgIpc) is 2.82. The molecule has 5 aliphatic rings. The van der Waals surface area contributed by atoms with Gasteiger partial charge in [0.15, 0.2) is 0 Å². The highest BCUT2D eigenvalue weighted by Crippen LogP contribution is 2.60. The Bertz CT molecular complexity index is 452. The Morgan fingerprint density at radius 2 is 1.82 bits per heavy atom. The van der Waals surface area contributed by atoms with Crippen LogP contribution in [0.3, 0.4) is 0 Å². The molecule has 1 aliphatic heterocycles. The third-order valence-electron chi connectivity index (χ3n) is 6.56. The number of nitrogens with zero attached hydrogens (tertiary/aromatic N) is 1. The van der Waals surface area contributed by atoms with Gasteiger partial charge in [-0.05, 0) is 69.6 Å². The summed E-state index contributed by atoms with van der Waals surface area (Å²) in [5.74, 6) is 2.93.